The highest BCUT2D eigenvalue weighted by Gasteiger charge is 2.26. The molecule has 6 nitrogen and oxygen atoms in total. The lowest BCUT2D eigenvalue weighted by Gasteiger charge is -2.32. The normalized spacial score (nSPS) is 18.0. The molecule has 1 aliphatic rings. The molecule has 0 aliphatic carbocycles. The summed E-state index contributed by atoms with van der Waals surface area (Å²) in [7, 11) is -3.38. The van der Waals surface area contributed by atoms with E-state index in [0.29, 0.717) is 25.3 Å². The van der Waals surface area contributed by atoms with E-state index in [1.807, 2.05) is 25.1 Å². The third kappa shape index (κ3) is 5.12. The molecule has 8 heteroatoms. The second-order valence-corrected chi connectivity index (χ2v) is 9.47. The van der Waals surface area contributed by atoms with Crippen LogP contribution >= 0.6 is 11.3 Å². The van der Waals surface area contributed by atoms with Gasteiger partial charge >= 0.3 is 0 Å². The molecule has 1 atom stereocenters. The van der Waals surface area contributed by atoms with Gasteiger partial charge in [0.1, 0.15) is 5.69 Å². The van der Waals surface area contributed by atoms with E-state index in [0.717, 1.165) is 23.4 Å². The second kappa shape index (κ2) is 8.28. The molecule has 1 aromatic heterocycles. The number of aromatic nitrogens is 1. The first-order valence-corrected chi connectivity index (χ1v) is 11.2. The molecule has 1 aliphatic heterocycles. The van der Waals surface area contributed by atoms with Crippen molar-refractivity contribution < 1.29 is 13.2 Å². The van der Waals surface area contributed by atoms with Gasteiger partial charge in [0.25, 0.3) is 5.91 Å². The molecule has 26 heavy (non-hydrogen) atoms. The van der Waals surface area contributed by atoms with Gasteiger partial charge in [-0.3, -0.25) is 4.79 Å². The van der Waals surface area contributed by atoms with E-state index in [1.54, 1.807) is 22.4 Å². The summed E-state index contributed by atoms with van der Waals surface area (Å²) in [6.07, 6.45) is 1.79. The van der Waals surface area contributed by atoms with Crippen LogP contribution in [0.25, 0.3) is 0 Å². The van der Waals surface area contributed by atoms with Crippen molar-refractivity contribution in [2.24, 2.45) is 5.92 Å². The van der Waals surface area contributed by atoms with Crippen molar-refractivity contribution in [2.45, 2.75) is 25.5 Å². The van der Waals surface area contributed by atoms with Crippen LogP contribution in [0.3, 0.4) is 0 Å². The summed E-state index contributed by atoms with van der Waals surface area (Å²) in [5, 5.41) is 2.65. The SMILES string of the molecule is Cc1nc(C(=O)N2CCCC(CNS(=O)(=O)Cc3ccccc3)C2)cs1. The number of benzene rings is 1. The number of thiazole rings is 1. The van der Waals surface area contributed by atoms with Gasteiger partial charge in [0, 0.05) is 25.0 Å². The van der Waals surface area contributed by atoms with Crippen molar-refractivity contribution in [3.63, 3.8) is 0 Å². The fourth-order valence-electron chi connectivity index (χ4n) is 3.13. The summed E-state index contributed by atoms with van der Waals surface area (Å²) in [5.74, 6) is 0.0329. The highest BCUT2D eigenvalue weighted by atomic mass is 32.2. The van der Waals surface area contributed by atoms with Gasteiger partial charge in [-0.1, -0.05) is 30.3 Å². The Bertz CT molecular complexity index is 850. The predicted octanol–water partition coefficient (Wildman–Crippen LogP) is 2.42. The number of hydrogen-bond acceptors (Lipinski definition) is 5. The molecule has 3 rings (SSSR count). The Labute approximate surface area is 158 Å². The molecule has 0 spiro atoms. The average Bonchev–Trinajstić information content (AvgIpc) is 3.07. The number of sulfonamides is 1. The Morgan fingerprint density at radius 2 is 2.12 bits per heavy atom. The van der Waals surface area contributed by atoms with E-state index in [4.69, 9.17) is 0 Å². The monoisotopic (exact) mass is 393 g/mol. The molecule has 140 valence electrons. The minimum atomic E-state index is -3.38. The quantitative estimate of drug-likeness (QED) is 0.817. The topological polar surface area (TPSA) is 79.4 Å². The molecule has 1 aromatic carbocycles. The number of carbonyl (C=O) groups excluding carboxylic acids is 1. The Morgan fingerprint density at radius 3 is 2.81 bits per heavy atom. The van der Waals surface area contributed by atoms with Gasteiger partial charge in [0.15, 0.2) is 0 Å². The molecule has 2 aromatic rings. The molecule has 1 N–H and O–H groups in total. The average molecular weight is 394 g/mol. The Balaban J connectivity index is 1.54. The van der Waals surface area contributed by atoms with Gasteiger partial charge < -0.3 is 4.90 Å². The number of amides is 1. The molecule has 1 saturated heterocycles. The fourth-order valence-corrected chi connectivity index (χ4v) is 4.94. The highest BCUT2D eigenvalue weighted by molar-refractivity contribution is 7.88. The molecule has 0 saturated carbocycles. The number of carbonyl (C=O) groups is 1. The number of rotatable bonds is 6. The number of hydrogen-bond donors (Lipinski definition) is 1. The van der Waals surface area contributed by atoms with Crippen LogP contribution in [0, 0.1) is 12.8 Å². The van der Waals surface area contributed by atoms with Gasteiger partial charge in [-0.25, -0.2) is 18.1 Å². The first-order chi connectivity index (χ1) is 12.4. The Hall–Kier alpha value is -1.77. The van der Waals surface area contributed by atoms with Crippen LogP contribution in [0.1, 0.15) is 33.9 Å². The fraction of sp³-hybridized carbons (Fsp3) is 0.444. The van der Waals surface area contributed by atoms with Crippen LogP contribution in [-0.2, 0) is 15.8 Å². The van der Waals surface area contributed by atoms with Crippen LogP contribution < -0.4 is 4.72 Å². The van der Waals surface area contributed by atoms with Crippen molar-refractivity contribution in [3.8, 4) is 0 Å². The van der Waals surface area contributed by atoms with Crippen molar-refractivity contribution in [3.05, 3.63) is 52.0 Å². The van der Waals surface area contributed by atoms with Crippen LogP contribution in [0.4, 0.5) is 0 Å². The van der Waals surface area contributed by atoms with Gasteiger partial charge in [0.05, 0.1) is 10.8 Å². The van der Waals surface area contributed by atoms with E-state index in [9.17, 15) is 13.2 Å². The largest absolute Gasteiger partial charge is 0.337 e. The zero-order chi connectivity index (χ0) is 18.6. The summed E-state index contributed by atoms with van der Waals surface area (Å²) in [6, 6.07) is 9.12. The third-order valence-corrected chi connectivity index (χ3v) is 6.53. The third-order valence-electron chi connectivity index (χ3n) is 4.44. The van der Waals surface area contributed by atoms with Crippen LogP contribution in [0.2, 0.25) is 0 Å². The number of likely N-dealkylation sites (tertiary alicyclic amines) is 1. The van der Waals surface area contributed by atoms with Crippen LogP contribution in [-0.4, -0.2) is 43.8 Å². The molecule has 0 radical (unpaired) electrons. The summed E-state index contributed by atoms with van der Waals surface area (Å²) < 4.78 is 27.3. The minimum Gasteiger partial charge on any atom is -0.337 e. The molecule has 0 bridgehead atoms. The lowest BCUT2D eigenvalue weighted by atomic mass is 9.98. The lowest BCUT2D eigenvalue weighted by molar-refractivity contribution is 0.0671. The molecule has 2 heterocycles. The minimum absolute atomic E-state index is 0.0265. The van der Waals surface area contributed by atoms with E-state index in [-0.39, 0.29) is 17.6 Å². The van der Waals surface area contributed by atoms with E-state index >= 15 is 0 Å². The second-order valence-electron chi connectivity index (χ2n) is 6.60. The molecule has 1 unspecified atom stereocenters. The van der Waals surface area contributed by atoms with Crippen molar-refractivity contribution in [1.82, 2.24) is 14.6 Å². The van der Waals surface area contributed by atoms with E-state index in [2.05, 4.69) is 9.71 Å². The lowest BCUT2D eigenvalue weighted by Crippen LogP contribution is -2.44. The Kier molecular flexibility index (Phi) is 6.05. The zero-order valence-corrected chi connectivity index (χ0v) is 16.4. The Morgan fingerprint density at radius 1 is 1.35 bits per heavy atom. The molecular formula is C18H23N3O3S2. The maximum absolute atomic E-state index is 12.5. The molecule has 1 fully saturated rings. The smallest absolute Gasteiger partial charge is 0.273 e. The van der Waals surface area contributed by atoms with Gasteiger partial charge in [-0.15, -0.1) is 11.3 Å². The number of nitrogens with zero attached hydrogens (tertiary/aromatic N) is 2. The van der Waals surface area contributed by atoms with E-state index in [1.165, 1.54) is 11.3 Å². The first kappa shape index (κ1) is 19.0. The summed E-state index contributed by atoms with van der Waals surface area (Å²) in [4.78, 5) is 18.6. The highest BCUT2D eigenvalue weighted by Crippen LogP contribution is 2.19. The number of piperidine rings is 1. The summed E-state index contributed by atoms with van der Waals surface area (Å²) in [6.45, 7) is 3.49. The van der Waals surface area contributed by atoms with Crippen molar-refractivity contribution in [1.29, 1.82) is 0 Å². The zero-order valence-electron chi connectivity index (χ0n) is 14.7. The number of aryl methyl sites for hydroxylation is 1. The van der Waals surface area contributed by atoms with Crippen molar-refractivity contribution in [2.75, 3.05) is 19.6 Å². The summed E-state index contributed by atoms with van der Waals surface area (Å²) >= 11 is 1.46. The number of nitrogens with one attached hydrogen (secondary N) is 1. The van der Waals surface area contributed by atoms with Crippen LogP contribution in [0.5, 0.6) is 0 Å². The standard InChI is InChI=1S/C18H23N3O3S2/c1-14-20-17(12-25-14)18(22)21-9-5-8-16(11-21)10-19-26(23,24)13-15-6-3-2-4-7-15/h2-4,6-7,12,16,19H,5,8-11,13H2,1H3. The maximum Gasteiger partial charge on any atom is 0.273 e. The summed E-state index contributed by atoms with van der Waals surface area (Å²) in [5.41, 5.74) is 1.25. The first-order valence-electron chi connectivity index (χ1n) is 8.65. The van der Waals surface area contributed by atoms with Gasteiger partial charge in [-0.05, 0) is 31.2 Å². The molecular weight excluding hydrogens is 370 g/mol. The molecule has 1 amide bonds. The maximum atomic E-state index is 12.5. The van der Waals surface area contributed by atoms with Crippen LogP contribution in [0.15, 0.2) is 35.7 Å². The van der Waals surface area contributed by atoms with Gasteiger partial charge in [0.2, 0.25) is 10.0 Å². The van der Waals surface area contributed by atoms with Gasteiger partial charge in [-0.2, -0.15) is 0 Å². The predicted molar refractivity (Wildman–Crippen MR) is 103 cm³/mol. The van der Waals surface area contributed by atoms with E-state index < -0.39 is 10.0 Å². The van der Waals surface area contributed by atoms with Crippen molar-refractivity contribution >= 4 is 27.3 Å².